The van der Waals surface area contributed by atoms with E-state index in [1.165, 1.54) is 20.3 Å². The third-order valence-corrected chi connectivity index (χ3v) is 7.76. The van der Waals surface area contributed by atoms with Crippen molar-refractivity contribution < 1.29 is 37.5 Å². The Balaban J connectivity index is 2.00. The minimum Gasteiger partial charge on any atom is -0.493 e. The van der Waals surface area contributed by atoms with Crippen molar-refractivity contribution in [2.75, 3.05) is 27.3 Å². The summed E-state index contributed by atoms with van der Waals surface area (Å²) in [6.45, 7) is 3.75. The van der Waals surface area contributed by atoms with Crippen LogP contribution in [0.25, 0.3) is 6.08 Å². The van der Waals surface area contributed by atoms with Gasteiger partial charge in [0.25, 0.3) is 5.69 Å². The van der Waals surface area contributed by atoms with Crippen molar-refractivity contribution in [1.82, 2.24) is 9.62 Å². The highest BCUT2D eigenvalue weighted by Gasteiger charge is 2.36. The van der Waals surface area contributed by atoms with E-state index in [1.807, 2.05) is 0 Å². The highest BCUT2D eigenvalue weighted by Crippen LogP contribution is 2.28. The molecule has 2 aromatic carbocycles. The second kappa shape index (κ2) is 15.0. The third-order valence-electron chi connectivity index (χ3n) is 5.87. The molecule has 2 N–H and O–H groups in total. The Hall–Kier alpha value is -3.97. The second-order valence-corrected chi connectivity index (χ2v) is 11.2. The van der Waals surface area contributed by atoms with Gasteiger partial charge in [0, 0.05) is 31.3 Å². The number of nitrogens with one attached hydrogen (secondary N) is 1. The van der Waals surface area contributed by atoms with Crippen LogP contribution >= 0.6 is 0 Å². The van der Waals surface area contributed by atoms with Gasteiger partial charge in [0.1, 0.15) is 6.04 Å². The van der Waals surface area contributed by atoms with Crippen LogP contribution in [-0.4, -0.2) is 68.0 Å². The number of carbonyl (C=O) groups excluding carboxylic acids is 1. The molecule has 40 heavy (non-hydrogen) atoms. The molecule has 0 aliphatic rings. The van der Waals surface area contributed by atoms with E-state index in [2.05, 4.69) is 5.32 Å². The fourth-order valence-corrected chi connectivity index (χ4v) is 5.66. The number of rotatable bonds is 16. The van der Waals surface area contributed by atoms with E-state index < -0.39 is 27.0 Å². The van der Waals surface area contributed by atoms with Crippen LogP contribution in [0.2, 0.25) is 0 Å². The van der Waals surface area contributed by atoms with Gasteiger partial charge in [-0.1, -0.05) is 19.9 Å². The van der Waals surface area contributed by atoms with Crippen molar-refractivity contribution >= 4 is 33.7 Å². The maximum atomic E-state index is 13.4. The maximum Gasteiger partial charge on any atom is 0.322 e. The molecule has 218 valence electrons. The number of carbonyl (C=O) groups is 2. The molecule has 0 aliphatic heterocycles. The molecule has 0 fully saturated rings. The number of benzene rings is 2. The van der Waals surface area contributed by atoms with Gasteiger partial charge in [-0.25, -0.2) is 8.42 Å². The molecule has 0 saturated heterocycles. The molecule has 12 nitrogen and oxygen atoms in total. The van der Waals surface area contributed by atoms with Crippen molar-refractivity contribution in [3.05, 3.63) is 64.2 Å². The predicted octanol–water partition coefficient (Wildman–Crippen LogP) is 3.71. The number of methoxy groups -OCH3 is 2. The van der Waals surface area contributed by atoms with E-state index in [1.54, 1.807) is 38.1 Å². The van der Waals surface area contributed by atoms with E-state index in [0.717, 1.165) is 34.1 Å². The Bertz CT molecular complexity index is 1310. The highest BCUT2D eigenvalue weighted by atomic mass is 32.2. The second-order valence-electron chi connectivity index (χ2n) is 9.31. The Morgan fingerprint density at radius 2 is 1.73 bits per heavy atom. The highest BCUT2D eigenvalue weighted by molar-refractivity contribution is 7.89. The van der Waals surface area contributed by atoms with Crippen molar-refractivity contribution in [3.8, 4) is 11.5 Å². The van der Waals surface area contributed by atoms with Gasteiger partial charge in [0.2, 0.25) is 15.9 Å². The number of ether oxygens (including phenoxy) is 2. The van der Waals surface area contributed by atoms with Crippen molar-refractivity contribution in [2.24, 2.45) is 5.92 Å². The predicted molar refractivity (Wildman–Crippen MR) is 149 cm³/mol. The average molecular weight is 578 g/mol. The molecular weight excluding hydrogens is 542 g/mol. The van der Waals surface area contributed by atoms with E-state index in [0.29, 0.717) is 24.3 Å². The summed E-state index contributed by atoms with van der Waals surface area (Å²) in [4.78, 5) is 34.4. The number of aliphatic carboxylic acids is 1. The van der Waals surface area contributed by atoms with Gasteiger partial charge in [-0.3, -0.25) is 19.7 Å². The summed E-state index contributed by atoms with van der Waals surface area (Å²) in [7, 11) is -1.21. The number of hydrogen-bond acceptors (Lipinski definition) is 8. The third kappa shape index (κ3) is 9.06. The first-order valence-electron chi connectivity index (χ1n) is 12.6. The largest absolute Gasteiger partial charge is 0.493 e. The molecule has 0 saturated carbocycles. The first-order chi connectivity index (χ1) is 18.9. The number of nitro benzene ring substituents is 1. The number of non-ortho nitro benzene ring substituents is 1. The molecule has 0 spiro atoms. The van der Waals surface area contributed by atoms with Gasteiger partial charge in [-0.05, 0) is 61.1 Å². The number of nitro groups is 1. The van der Waals surface area contributed by atoms with Gasteiger partial charge in [-0.15, -0.1) is 0 Å². The minimum absolute atomic E-state index is 0.0195. The Kier molecular flexibility index (Phi) is 12.1. The lowest BCUT2D eigenvalue weighted by Gasteiger charge is -2.29. The molecule has 2 rings (SSSR count). The van der Waals surface area contributed by atoms with Crippen LogP contribution in [0.1, 0.15) is 38.7 Å². The van der Waals surface area contributed by atoms with Crippen LogP contribution in [0, 0.1) is 16.0 Å². The fourth-order valence-electron chi connectivity index (χ4n) is 3.88. The number of unbranched alkanes of at least 4 members (excludes halogenated alkanes) is 1. The zero-order valence-corrected chi connectivity index (χ0v) is 23.7. The van der Waals surface area contributed by atoms with Crippen LogP contribution in [0.3, 0.4) is 0 Å². The summed E-state index contributed by atoms with van der Waals surface area (Å²) in [6.07, 6.45) is 3.76. The van der Waals surface area contributed by atoms with Gasteiger partial charge in [0.15, 0.2) is 11.5 Å². The lowest BCUT2D eigenvalue weighted by Crippen LogP contribution is -2.46. The molecule has 0 aromatic heterocycles. The summed E-state index contributed by atoms with van der Waals surface area (Å²) in [5.74, 6) is -0.720. The fraction of sp³-hybridized carbons (Fsp3) is 0.407. The van der Waals surface area contributed by atoms with Crippen LogP contribution in [0.15, 0.2) is 53.4 Å². The zero-order valence-electron chi connectivity index (χ0n) is 22.9. The average Bonchev–Trinajstić information content (AvgIpc) is 2.92. The monoisotopic (exact) mass is 577 g/mol. The summed E-state index contributed by atoms with van der Waals surface area (Å²) in [6, 6.07) is 8.21. The number of sulfonamides is 1. The van der Waals surface area contributed by atoms with Gasteiger partial charge in [-0.2, -0.15) is 4.31 Å². The van der Waals surface area contributed by atoms with Crippen LogP contribution in [0.4, 0.5) is 5.69 Å². The smallest absolute Gasteiger partial charge is 0.322 e. The lowest BCUT2D eigenvalue weighted by molar-refractivity contribution is -0.384. The number of carboxylic acids is 1. The summed E-state index contributed by atoms with van der Waals surface area (Å²) in [5, 5.41) is 23.5. The number of amides is 1. The summed E-state index contributed by atoms with van der Waals surface area (Å²) >= 11 is 0. The van der Waals surface area contributed by atoms with Crippen LogP contribution < -0.4 is 14.8 Å². The number of carboxylic acid groups (broad SMARTS) is 1. The van der Waals surface area contributed by atoms with Gasteiger partial charge in [0.05, 0.1) is 24.0 Å². The molecule has 2 aromatic rings. The van der Waals surface area contributed by atoms with Crippen molar-refractivity contribution in [2.45, 2.75) is 44.0 Å². The molecule has 13 heteroatoms. The van der Waals surface area contributed by atoms with E-state index >= 15 is 0 Å². The standard InChI is InChI=1S/C27H35N3O9S/c1-19(2)18-29(40(36,37)22-12-10-21(11-13-22)30(34)35)23(27(32)33)7-5-6-16-28-26(31)15-9-20-8-14-24(38-3)25(17-20)39-4/h8-15,17,19,23H,5-7,16,18H2,1-4H3,(H,28,31)(H,32,33)/t23-/m0/s1. The Morgan fingerprint density at radius 1 is 1.07 bits per heavy atom. The topological polar surface area (TPSA) is 165 Å². The molecule has 0 heterocycles. The molecule has 0 unspecified atom stereocenters. The minimum atomic E-state index is -4.25. The SMILES string of the molecule is COc1ccc(C=CC(=O)NCCCC[C@@H](C(=O)O)N(CC(C)C)S(=O)(=O)c2ccc([N+](=O)[O-])cc2)cc1OC. The van der Waals surface area contributed by atoms with Crippen LogP contribution in [0.5, 0.6) is 11.5 Å². The van der Waals surface area contributed by atoms with Gasteiger partial charge >= 0.3 is 5.97 Å². The molecule has 0 aliphatic carbocycles. The zero-order chi connectivity index (χ0) is 29.9. The first kappa shape index (κ1) is 32.2. The van der Waals surface area contributed by atoms with Crippen molar-refractivity contribution in [3.63, 3.8) is 0 Å². The van der Waals surface area contributed by atoms with E-state index in [4.69, 9.17) is 9.47 Å². The molecule has 0 radical (unpaired) electrons. The maximum absolute atomic E-state index is 13.4. The lowest BCUT2D eigenvalue weighted by atomic mass is 10.1. The van der Waals surface area contributed by atoms with Gasteiger partial charge < -0.3 is 19.9 Å². The molecule has 0 bridgehead atoms. The number of nitrogens with zero attached hydrogens (tertiary/aromatic N) is 2. The van der Waals surface area contributed by atoms with Crippen LogP contribution in [-0.2, 0) is 19.6 Å². The number of hydrogen-bond donors (Lipinski definition) is 2. The van der Waals surface area contributed by atoms with E-state index in [-0.39, 0.29) is 41.9 Å². The molecular formula is C27H35N3O9S. The molecule has 1 amide bonds. The van der Waals surface area contributed by atoms with E-state index in [9.17, 15) is 33.2 Å². The Labute approximate surface area is 233 Å². The molecule has 1 atom stereocenters. The summed E-state index contributed by atoms with van der Waals surface area (Å²) < 4.78 is 38.1. The Morgan fingerprint density at radius 3 is 2.27 bits per heavy atom. The summed E-state index contributed by atoms with van der Waals surface area (Å²) in [5.41, 5.74) is 0.460. The normalized spacial score (nSPS) is 12.4. The van der Waals surface area contributed by atoms with Crippen molar-refractivity contribution in [1.29, 1.82) is 0 Å². The first-order valence-corrected chi connectivity index (χ1v) is 14.0. The quantitative estimate of drug-likeness (QED) is 0.131.